The highest BCUT2D eigenvalue weighted by Crippen LogP contribution is 2.14. The lowest BCUT2D eigenvalue weighted by Gasteiger charge is -2.33. The molecule has 0 aliphatic heterocycles. The maximum atomic E-state index is 10.1. The van der Waals surface area contributed by atoms with Crippen LogP contribution < -0.4 is 10.1 Å². The fourth-order valence-electron chi connectivity index (χ4n) is 1.69. The van der Waals surface area contributed by atoms with Gasteiger partial charge in [0.15, 0.2) is 0 Å². The first kappa shape index (κ1) is 14.5. The van der Waals surface area contributed by atoms with E-state index >= 15 is 0 Å². The molecule has 0 heterocycles. The van der Waals surface area contributed by atoms with Crippen molar-refractivity contribution in [1.29, 1.82) is 5.26 Å². The molecule has 0 bridgehead atoms. The zero-order chi connectivity index (χ0) is 13.8. The average Bonchev–Trinajstić information content (AvgIpc) is 2.24. The Morgan fingerprint density at radius 2 is 1.78 bits per heavy atom. The molecule has 1 atom stereocenters. The zero-order valence-corrected chi connectivity index (χ0v) is 11.3. The van der Waals surface area contributed by atoms with E-state index in [4.69, 9.17) is 10.00 Å². The molecule has 0 radical (unpaired) electrons. The maximum Gasteiger partial charge on any atom is 0.147 e. The molecule has 0 aromatic heterocycles. The number of nitrogens with zero attached hydrogens (tertiary/aromatic N) is 1. The van der Waals surface area contributed by atoms with Crippen LogP contribution in [-0.4, -0.2) is 23.0 Å². The van der Waals surface area contributed by atoms with E-state index in [1.165, 1.54) is 0 Å². The van der Waals surface area contributed by atoms with Gasteiger partial charge in [0.05, 0.1) is 11.6 Å². The standard InChI is InChI=1S/C14H20N2O2/c1-13(2,3)16-14(4,17)10-18-12-7-5-11(9-15)6-8-12/h5-8,16-17H,10H2,1-4H3. The predicted molar refractivity (Wildman–Crippen MR) is 70.2 cm³/mol. The lowest BCUT2D eigenvalue weighted by molar-refractivity contribution is -0.0365. The van der Waals surface area contributed by atoms with E-state index in [1.807, 2.05) is 26.8 Å². The summed E-state index contributed by atoms with van der Waals surface area (Å²) in [6, 6.07) is 8.83. The van der Waals surface area contributed by atoms with Gasteiger partial charge in [0.1, 0.15) is 18.1 Å². The average molecular weight is 248 g/mol. The molecule has 1 aromatic rings. The van der Waals surface area contributed by atoms with Crippen molar-refractivity contribution >= 4 is 0 Å². The van der Waals surface area contributed by atoms with E-state index in [-0.39, 0.29) is 12.1 Å². The van der Waals surface area contributed by atoms with Crippen molar-refractivity contribution in [1.82, 2.24) is 5.32 Å². The topological polar surface area (TPSA) is 65.3 Å². The minimum Gasteiger partial charge on any atom is -0.489 e. The van der Waals surface area contributed by atoms with Crippen LogP contribution in [0.4, 0.5) is 0 Å². The molecule has 0 saturated heterocycles. The quantitative estimate of drug-likeness (QED) is 0.800. The Balaban J connectivity index is 2.56. The van der Waals surface area contributed by atoms with Gasteiger partial charge in [-0.1, -0.05) is 0 Å². The van der Waals surface area contributed by atoms with Crippen molar-refractivity contribution in [2.24, 2.45) is 0 Å². The van der Waals surface area contributed by atoms with Crippen LogP contribution in [0.2, 0.25) is 0 Å². The van der Waals surface area contributed by atoms with Gasteiger partial charge in [-0.05, 0) is 52.0 Å². The van der Waals surface area contributed by atoms with Crippen LogP contribution in [-0.2, 0) is 0 Å². The summed E-state index contributed by atoms with van der Waals surface area (Å²) in [7, 11) is 0. The SMILES string of the molecule is CC(C)(C)NC(C)(O)COc1ccc(C#N)cc1. The molecule has 2 N–H and O–H groups in total. The molecule has 0 amide bonds. The smallest absolute Gasteiger partial charge is 0.147 e. The normalized spacial score (nSPS) is 14.7. The summed E-state index contributed by atoms with van der Waals surface area (Å²) in [6.45, 7) is 7.73. The number of hydrogen-bond donors (Lipinski definition) is 2. The fourth-order valence-corrected chi connectivity index (χ4v) is 1.69. The van der Waals surface area contributed by atoms with Gasteiger partial charge in [0.25, 0.3) is 0 Å². The molecule has 0 saturated carbocycles. The summed E-state index contributed by atoms with van der Waals surface area (Å²) in [5.41, 5.74) is -0.717. The summed E-state index contributed by atoms with van der Waals surface area (Å²) in [4.78, 5) is 0. The molecule has 0 aliphatic carbocycles. The third-order valence-electron chi connectivity index (χ3n) is 2.15. The highest BCUT2D eigenvalue weighted by molar-refractivity contribution is 5.34. The van der Waals surface area contributed by atoms with E-state index < -0.39 is 5.72 Å². The Kier molecular flexibility index (Phi) is 4.33. The van der Waals surface area contributed by atoms with Gasteiger partial charge in [0.2, 0.25) is 0 Å². The van der Waals surface area contributed by atoms with Crippen molar-refractivity contribution in [2.75, 3.05) is 6.61 Å². The number of aliphatic hydroxyl groups is 1. The number of ether oxygens (including phenoxy) is 1. The Labute approximate surface area is 108 Å². The van der Waals surface area contributed by atoms with Crippen molar-refractivity contribution in [3.63, 3.8) is 0 Å². The first-order chi connectivity index (χ1) is 8.22. The zero-order valence-electron chi connectivity index (χ0n) is 11.3. The molecule has 4 nitrogen and oxygen atoms in total. The van der Waals surface area contributed by atoms with Gasteiger partial charge in [-0.25, -0.2) is 0 Å². The minimum atomic E-state index is -1.11. The van der Waals surface area contributed by atoms with Gasteiger partial charge in [-0.3, -0.25) is 5.32 Å². The van der Waals surface area contributed by atoms with E-state index in [0.29, 0.717) is 11.3 Å². The number of rotatable bonds is 4. The molecule has 4 heteroatoms. The lowest BCUT2D eigenvalue weighted by atomic mass is 10.1. The second-order valence-corrected chi connectivity index (χ2v) is 5.57. The van der Waals surface area contributed by atoms with Crippen molar-refractivity contribution in [3.05, 3.63) is 29.8 Å². The molecular weight excluding hydrogens is 228 g/mol. The highest BCUT2D eigenvalue weighted by Gasteiger charge is 2.26. The summed E-state index contributed by atoms with van der Waals surface area (Å²) < 4.78 is 5.49. The van der Waals surface area contributed by atoms with Crippen LogP contribution in [0.15, 0.2) is 24.3 Å². The minimum absolute atomic E-state index is 0.135. The van der Waals surface area contributed by atoms with Crippen LogP contribution in [0.25, 0.3) is 0 Å². The van der Waals surface area contributed by atoms with Crippen LogP contribution in [0.1, 0.15) is 33.3 Å². The second-order valence-electron chi connectivity index (χ2n) is 5.57. The number of benzene rings is 1. The van der Waals surface area contributed by atoms with Crippen molar-refractivity contribution in [3.8, 4) is 11.8 Å². The fraction of sp³-hybridized carbons (Fsp3) is 0.500. The molecule has 18 heavy (non-hydrogen) atoms. The largest absolute Gasteiger partial charge is 0.489 e. The molecule has 1 rings (SSSR count). The number of hydrogen-bond acceptors (Lipinski definition) is 4. The Morgan fingerprint density at radius 3 is 2.22 bits per heavy atom. The Morgan fingerprint density at radius 1 is 1.22 bits per heavy atom. The van der Waals surface area contributed by atoms with E-state index in [0.717, 1.165) is 0 Å². The molecule has 1 aromatic carbocycles. The Hall–Kier alpha value is -1.57. The van der Waals surface area contributed by atoms with Crippen LogP contribution in [0.3, 0.4) is 0 Å². The van der Waals surface area contributed by atoms with E-state index in [9.17, 15) is 5.11 Å². The van der Waals surface area contributed by atoms with Crippen LogP contribution >= 0.6 is 0 Å². The van der Waals surface area contributed by atoms with Gasteiger partial charge in [-0.15, -0.1) is 0 Å². The van der Waals surface area contributed by atoms with Gasteiger partial charge in [-0.2, -0.15) is 5.26 Å². The first-order valence-electron chi connectivity index (χ1n) is 5.86. The molecule has 0 aliphatic rings. The molecule has 0 fully saturated rings. The van der Waals surface area contributed by atoms with E-state index in [2.05, 4.69) is 5.32 Å². The molecular formula is C14H20N2O2. The van der Waals surface area contributed by atoms with Gasteiger partial charge < -0.3 is 9.84 Å². The van der Waals surface area contributed by atoms with Crippen molar-refractivity contribution in [2.45, 2.75) is 39.0 Å². The molecule has 98 valence electrons. The number of nitriles is 1. The highest BCUT2D eigenvalue weighted by atomic mass is 16.5. The first-order valence-corrected chi connectivity index (χ1v) is 5.86. The van der Waals surface area contributed by atoms with Crippen LogP contribution in [0, 0.1) is 11.3 Å². The van der Waals surface area contributed by atoms with Crippen LogP contribution in [0.5, 0.6) is 5.75 Å². The van der Waals surface area contributed by atoms with Crippen molar-refractivity contribution < 1.29 is 9.84 Å². The number of nitrogens with one attached hydrogen (secondary N) is 1. The lowest BCUT2D eigenvalue weighted by Crippen LogP contribution is -2.55. The van der Waals surface area contributed by atoms with Gasteiger partial charge in [0, 0.05) is 5.54 Å². The monoisotopic (exact) mass is 248 g/mol. The summed E-state index contributed by atoms with van der Waals surface area (Å²) in [5.74, 6) is 0.630. The molecule has 0 spiro atoms. The Bertz CT molecular complexity index is 425. The maximum absolute atomic E-state index is 10.1. The third-order valence-corrected chi connectivity index (χ3v) is 2.15. The summed E-state index contributed by atoms with van der Waals surface area (Å²) >= 11 is 0. The summed E-state index contributed by atoms with van der Waals surface area (Å²) in [5, 5.41) is 21.9. The summed E-state index contributed by atoms with van der Waals surface area (Å²) in [6.07, 6.45) is 0. The third kappa shape index (κ3) is 5.17. The predicted octanol–water partition coefficient (Wildman–Crippen LogP) is 2.03. The molecule has 1 unspecified atom stereocenters. The van der Waals surface area contributed by atoms with E-state index in [1.54, 1.807) is 31.2 Å². The second kappa shape index (κ2) is 5.38. The van der Waals surface area contributed by atoms with Gasteiger partial charge >= 0.3 is 0 Å².